The van der Waals surface area contributed by atoms with Crippen molar-refractivity contribution < 1.29 is 14.6 Å². The zero-order chi connectivity index (χ0) is 22.4. The summed E-state index contributed by atoms with van der Waals surface area (Å²) in [5.74, 6) is 1.06. The molecular formula is C23H40N4O3. The molecule has 0 radical (unpaired) electrons. The average Bonchev–Trinajstić information content (AvgIpc) is 2.68. The van der Waals surface area contributed by atoms with Gasteiger partial charge in [-0.25, -0.2) is 4.79 Å². The van der Waals surface area contributed by atoms with E-state index >= 15 is 0 Å². The molecule has 0 saturated heterocycles. The Bertz CT molecular complexity index is 623. The molecule has 2 atom stereocenters. The van der Waals surface area contributed by atoms with Gasteiger partial charge in [-0.1, -0.05) is 43.7 Å². The standard InChI is InChI=1S/C23H40N4O3/c1-6-11-18(14-15-28)16-25-21(24-7-2)26-17-20(19-12-9-8-10-13-19)27-22(29)30-23(3,4)5/h8-10,12-13,18,20,28H,6-7,11,14-17H2,1-5H3,(H,27,29)(H2,24,25,26). The van der Waals surface area contributed by atoms with Crippen molar-refractivity contribution in [3.05, 3.63) is 35.9 Å². The van der Waals surface area contributed by atoms with Crippen LogP contribution in [0.3, 0.4) is 0 Å². The third-order valence-corrected chi connectivity index (χ3v) is 4.45. The summed E-state index contributed by atoms with van der Waals surface area (Å²) in [7, 11) is 0. The number of benzene rings is 1. The number of nitrogens with one attached hydrogen (secondary N) is 3. The fourth-order valence-corrected chi connectivity index (χ4v) is 3.07. The Morgan fingerprint density at radius 3 is 2.40 bits per heavy atom. The Kier molecular flexibility index (Phi) is 11.9. The van der Waals surface area contributed by atoms with Gasteiger partial charge in [0.25, 0.3) is 0 Å². The largest absolute Gasteiger partial charge is 0.444 e. The highest BCUT2D eigenvalue weighted by Gasteiger charge is 2.21. The summed E-state index contributed by atoms with van der Waals surface area (Å²) in [6.45, 7) is 11.7. The second-order valence-corrected chi connectivity index (χ2v) is 8.38. The molecule has 2 unspecified atom stereocenters. The molecule has 0 fully saturated rings. The van der Waals surface area contributed by atoms with Crippen LogP contribution in [0.5, 0.6) is 0 Å². The van der Waals surface area contributed by atoms with E-state index in [1.807, 2.05) is 58.0 Å². The van der Waals surface area contributed by atoms with Crippen LogP contribution in [0.2, 0.25) is 0 Å². The van der Waals surface area contributed by atoms with Crippen LogP contribution in [0.1, 0.15) is 65.5 Å². The van der Waals surface area contributed by atoms with Gasteiger partial charge in [-0.05, 0) is 52.0 Å². The molecule has 0 aliphatic carbocycles. The van der Waals surface area contributed by atoms with E-state index in [9.17, 15) is 9.90 Å². The molecule has 1 rings (SSSR count). The number of aliphatic imine (C=N–C) groups is 1. The van der Waals surface area contributed by atoms with E-state index in [1.54, 1.807) is 0 Å². The van der Waals surface area contributed by atoms with Gasteiger partial charge >= 0.3 is 6.09 Å². The fraction of sp³-hybridized carbons (Fsp3) is 0.652. The number of amides is 1. The highest BCUT2D eigenvalue weighted by atomic mass is 16.6. The van der Waals surface area contributed by atoms with Gasteiger partial charge in [0.05, 0.1) is 6.04 Å². The molecule has 7 nitrogen and oxygen atoms in total. The molecule has 0 heterocycles. The number of ether oxygens (including phenoxy) is 1. The number of carbonyl (C=O) groups excluding carboxylic acids is 1. The molecule has 30 heavy (non-hydrogen) atoms. The van der Waals surface area contributed by atoms with Gasteiger partial charge in [0, 0.05) is 26.2 Å². The summed E-state index contributed by atoms with van der Waals surface area (Å²) in [5, 5.41) is 18.8. The first-order valence-corrected chi connectivity index (χ1v) is 11.0. The lowest BCUT2D eigenvalue weighted by molar-refractivity contribution is 0.0504. The van der Waals surface area contributed by atoms with E-state index in [4.69, 9.17) is 9.73 Å². The third kappa shape index (κ3) is 11.0. The van der Waals surface area contributed by atoms with Crippen molar-refractivity contribution in [2.24, 2.45) is 10.9 Å². The summed E-state index contributed by atoms with van der Waals surface area (Å²) < 4.78 is 5.43. The molecular weight excluding hydrogens is 380 g/mol. The van der Waals surface area contributed by atoms with Gasteiger partial charge < -0.3 is 25.8 Å². The Morgan fingerprint density at radius 2 is 1.83 bits per heavy atom. The van der Waals surface area contributed by atoms with E-state index in [0.29, 0.717) is 25.0 Å². The van der Waals surface area contributed by atoms with E-state index in [2.05, 4.69) is 22.9 Å². The van der Waals surface area contributed by atoms with Crippen LogP contribution in [0.15, 0.2) is 35.3 Å². The van der Waals surface area contributed by atoms with Crippen LogP contribution in [-0.2, 0) is 4.74 Å². The van der Waals surface area contributed by atoms with Gasteiger partial charge in [0.1, 0.15) is 5.60 Å². The number of hydrogen-bond acceptors (Lipinski definition) is 4. The second-order valence-electron chi connectivity index (χ2n) is 8.38. The molecule has 1 aromatic rings. The predicted octanol–water partition coefficient (Wildman–Crippen LogP) is 3.61. The lowest BCUT2D eigenvalue weighted by Crippen LogP contribution is -2.44. The number of carbonyl (C=O) groups is 1. The van der Waals surface area contributed by atoms with Crippen molar-refractivity contribution in [3.8, 4) is 0 Å². The number of alkyl carbamates (subject to hydrolysis) is 1. The molecule has 4 N–H and O–H groups in total. The smallest absolute Gasteiger partial charge is 0.408 e. The van der Waals surface area contributed by atoms with Crippen molar-refractivity contribution in [3.63, 3.8) is 0 Å². The SMILES string of the molecule is CCCC(CCO)CN=C(NCC)NCC(NC(=O)OC(C)(C)C)c1ccccc1. The quantitative estimate of drug-likeness (QED) is 0.324. The van der Waals surface area contributed by atoms with Gasteiger partial charge in [-0.2, -0.15) is 0 Å². The minimum absolute atomic E-state index is 0.181. The minimum Gasteiger partial charge on any atom is -0.444 e. The van der Waals surface area contributed by atoms with Crippen LogP contribution in [0, 0.1) is 5.92 Å². The van der Waals surface area contributed by atoms with E-state index in [1.165, 1.54) is 0 Å². The summed E-state index contributed by atoms with van der Waals surface area (Å²) in [5.41, 5.74) is 0.423. The first-order valence-electron chi connectivity index (χ1n) is 11.0. The van der Waals surface area contributed by atoms with E-state index < -0.39 is 11.7 Å². The highest BCUT2D eigenvalue weighted by Crippen LogP contribution is 2.14. The number of guanidine groups is 1. The maximum atomic E-state index is 12.3. The van der Waals surface area contributed by atoms with Crippen LogP contribution in [0.25, 0.3) is 0 Å². The van der Waals surface area contributed by atoms with Gasteiger partial charge in [-0.3, -0.25) is 4.99 Å². The second kappa shape index (κ2) is 13.9. The van der Waals surface area contributed by atoms with E-state index in [0.717, 1.165) is 31.4 Å². The van der Waals surface area contributed by atoms with Gasteiger partial charge in [-0.15, -0.1) is 0 Å². The number of hydrogen-bond donors (Lipinski definition) is 4. The zero-order valence-electron chi connectivity index (χ0n) is 19.2. The topological polar surface area (TPSA) is 95.0 Å². The normalized spacial score (nSPS) is 14.0. The molecule has 0 aliphatic rings. The average molecular weight is 421 g/mol. The molecule has 1 amide bonds. The zero-order valence-corrected chi connectivity index (χ0v) is 19.2. The van der Waals surface area contributed by atoms with Gasteiger partial charge in [0.15, 0.2) is 5.96 Å². The monoisotopic (exact) mass is 420 g/mol. The summed E-state index contributed by atoms with van der Waals surface area (Å²) in [6, 6.07) is 9.53. The molecule has 0 aromatic heterocycles. The summed E-state index contributed by atoms with van der Waals surface area (Å²) >= 11 is 0. The van der Waals surface area contributed by atoms with Crippen molar-refractivity contribution in [2.75, 3.05) is 26.2 Å². The van der Waals surface area contributed by atoms with Crippen molar-refractivity contribution in [2.45, 2.75) is 65.5 Å². The Balaban J connectivity index is 2.84. The van der Waals surface area contributed by atoms with Crippen molar-refractivity contribution in [1.82, 2.24) is 16.0 Å². The van der Waals surface area contributed by atoms with Crippen LogP contribution < -0.4 is 16.0 Å². The molecule has 0 saturated carbocycles. The first-order chi connectivity index (χ1) is 14.3. The van der Waals surface area contributed by atoms with Crippen LogP contribution >= 0.6 is 0 Å². The summed E-state index contributed by atoms with van der Waals surface area (Å²) in [6.07, 6.45) is 2.41. The number of aliphatic hydroxyl groups excluding tert-OH is 1. The third-order valence-electron chi connectivity index (χ3n) is 4.45. The lowest BCUT2D eigenvalue weighted by atomic mass is 10.0. The maximum Gasteiger partial charge on any atom is 0.408 e. The lowest BCUT2D eigenvalue weighted by Gasteiger charge is -2.25. The van der Waals surface area contributed by atoms with Crippen LogP contribution in [0.4, 0.5) is 4.79 Å². The number of nitrogens with zero attached hydrogens (tertiary/aromatic N) is 1. The molecule has 0 bridgehead atoms. The Hall–Kier alpha value is -2.28. The molecule has 1 aromatic carbocycles. The minimum atomic E-state index is -0.559. The first kappa shape index (κ1) is 25.8. The summed E-state index contributed by atoms with van der Waals surface area (Å²) in [4.78, 5) is 17.0. The fourth-order valence-electron chi connectivity index (χ4n) is 3.07. The predicted molar refractivity (Wildman–Crippen MR) is 123 cm³/mol. The van der Waals surface area contributed by atoms with Crippen molar-refractivity contribution >= 4 is 12.1 Å². The Morgan fingerprint density at radius 1 is 1.13 bits per heavy atom. The van der Waals surface area contributed by atoms with E-state index in [-0.39, 0.29) is 12.6 Å². The molecule has 170 valence electrons. The highest BCUT2D eigenvalue weighted by molar-refractivity contribution is 5.80. The maximum absolute atomic E-state index is 12.3. The molecule has 7 heteroatoms. The number of rotatable bonds is 11. The Labute approximate surface area is 181 Å². The van der Waals surface area contributed by atoms with Crippen LogP contribution in [-0.4, -0.2) is 49.0 Å². The molecule has 0 aliphatic heterocycles. The number of aliphatic hydroxyl groups is 1. The van der Waals surface area contributed by atoms with Crippen molar-refractivity contribution in [1.29, 1.82) is 0 Å². The molecule has 0 spiro atoms. The van der Waals surface area contributed by atoms with Gasteiger partial charge in [0.2, 0.25) is 0 Å².